The highest BCUT2D eigenvalue weighted by molar-refractivity contribution is 5.39. The molecule has 0 saturated carbocycles. The minimum absolute atomic E-state index is 0.0546. The molecule has 1 aromatic carbocycles. The van der Waals surface area contributed by atoms with Crippen LogP contribution in [0.1, 0.15) is 32.3 Å². The van der Waals surface area contributed by atoms with Gasteiger partial charge in [-0.25, -0.2) is 4.39 Å². The first-order chi connectivity index (χ1) is 5.95. The Morgan fingerprint density at radius 3 is 2.67 bits per heavy atom. The van der Waals surface area contributed by atoms with E-state index in [4.69, 9.17) is 1.37 Å². The van der Waals surface area contributed by atoms with E-state index in [2.05, 4.69) is 0 Å². The van der Waals surface area contributed by atoms with Gasteiger partial charge in [0.05, 0.1) is 1.37 Å². The number of phenols is 1. The lowest BCUT2D eigenvalue weighted by Crippen LogP contribution is -1.94. The predicted molar refractivity (Wildman–Crippen MR) is 46.9 cm³/mol. The first-order valence-corrected chi connectivity index (χ1v) is 3.93. The summed E-state index contributed by atoms with van der Waals surface area (Å²) in [4.78, 5) is 0. The number of halogens is 1. The van der Waals surface area contributed by atoms with E-state index in [0.717, 1.165) is 0 Å². The molecule has 0 radical (unpaired) electrons. The van der Waals surface area contributed by atoms with Crippen molar-refractivity contribution in [3.8, 4) is 5.75 Å². The van der Waals surface area contributed by atoms with Crippen molar-refractivity contribution < 1.29 is 10.9 Å². The second-order valence-corrected chi connectivity index (χ2v) is 3.22. The van der Waals surface area contributed by atoms with Crippen molar-refractivity contribution in [3.63, 3.8) is 0 Å². The molecule has 0 aliphatic rings. The van der Waals surface area contributed by atoms with E-state index in [9.17, 15) is 9.50 Å². The van der Waals surface area contributed by atoms with Crippen LogP contribution in [0.25, 0.3) is 0 Å². The van der Waals surface area contributed by atoms with Crippen LogP contribution < -0.4 is 0 Å². The summed E-state index contributed by atoms with van der Waals surface area (Å²) in [5.41, 5.74) is 0.690. The molecule has 0 heterocycles. The van der Waals surface area contributed by atoms with Crippen LogP contribution in [0.15, 0.2) is 12.1 Å². The van der Waals surface area contributed by atoms with E-state index < -0.39 is 5.82 Å². The average Bonchev–Trinajstić information content (AvgIpc) is 1.99. The van der Waals surface area contributed by atoms with E-state index in [1.54, 1.807) is 20.8 Å². The van der Waals surface area contributed by atoms with Gasteiger partial charge in [0.25, 0.3) is 0 Å². The predicted octanol–water partition coefficient (Wildman–Crippen LogP) is 2.96. The minimum atomic E-state index is -0.604. The summed E-state index contributed by atoms with van der Waals surface area (Å²) >= 11 is 0. The molecular weight excluding hydrogens is 155 g/mol. The Bertz CT molecular complexity index is 334. The molecular formula is C10H13FO. The van der Waals surface area contributed by atoms with E-state index in [1.807, 2.05) is 0 Å². The minimum Gasteiger partial charge on any atom is -0.508 e. The van der Waals surface area contributed by atoms with Gasteiger partial charge in [-0.1, -0.05) is 13.8 Å². The third-order valence-electron chi connectivity index (χ3n) is 1.75. The summed E-state index contributed by atoms with van der Waals surface area (Å²) in [5, 5.41) is 9.44. The van der Waals surface area contributed by atoms with Gasteiger partial charge in [0, 0.05) is 5.56 Å². The Morgan fingerprint density at radius 1 is 1.58 bits per heavy atom. The second kappa shape index (κ2) is 3.13. The highest BCUT2D eigenvalue weighted by Gasteiger charge is 2.11. The van der Waals surface area contributed by atoms with Crippen LogP contribution in [-0.2, 0) is 0 Å². The number of rotatable bonds is 1. The van der Waals surface area contributed by atoms with Crippen LogP contribution in [0.2, 0.25) is 0 Å². The molecule has 0 fully saturated rings. The Labute approximate surface area is 73.3 Å². The van der Waals surface area contributed by atoms with Crippen LogP contribution in [0.4, 0.5) is 4.39 Å². The Morgan fingerprint density at radius 2 is 2.17 bits per heavy atom. The van der Waals surface area contributed by atoms with Crippen LogP contribution in [0.5, 0.6) is 5.75 Å². The van der Waals surface area contributed by atoms with E-state index in [1.165, 1.54) is 6.07 Å². The van der Waals surface area contributed by atoms with Gasteiger partial charge in [0.2, 0.25) is 0 Å². The Kier molecular flexibility index (Phi) is 1.98. The van der Waals surface area contributed by atoms with Gasteiger partial charge in [-0.15, -0.1) is 0 Å². The quantitative estimate of drug-likeness (QED) is 0.685. The van der Waals surface area contributed by atoms with Crippen LogP contribution in [0.3, 0.4) is 0 Å². The zero-order valence-electron chi connectivity index (χ0n) is 8.48. The molecule has 0 aliphatic heterocycles. The molecule has 0 aliphatic carbocycles. The molecule has 66 valence electrons. The number of benzene rings is 1. The van der Waals surface area contributed by atoms with Crippen molar-refractivity contribution in [1.82, 2.24) is 0 Å². The topological polar surface area (TPSA) is 20.2 Å². The van der Waals surface area contributed by atoms with Crippen molar-refractivity contribution in [2.45, 2.75) is 26.7 Å². The smallest absolute Gasteiger partial charge is 0.130 e. The van der Waals surface area contributed by atoms with Crippen molar-refractivity contribution >= 4 is 0 Å². The first-order valence-electron chi connectivity index (χ1n) is 4.43. The number of aromatic hydroxyl groups is 1. The molecule has 12 heavy (non-hydrogen) atoms. The highest BCUT2D eigenvalue weighted by Crippen LogP contribution is 2.28. The summed E-state index contributed by atoms with van der Waals surface area (Å²) in [6.07, 6.45) is 0. The Balaban J connectivity index is 3.44. The third kappa shape index (κ3) is 1.58. The van der Waals surface area contributed by atoms with Gasteiger partial charge < -0.3 is 5.11 Å². The van der Waals surface area contributed by atoms with E-state index >= 15 is 0 Å². The van der Waals surface area contributed by atoms with E-state index in [0.29, 0.717) is 5.56 Å². The maximum absolute atomic E-state index is 13.4. The Hall–Kier alpha value is -1.05. The van der Waals surface area contributed by atoms with Gasteiger partial charge >= 0.3 is 0 Å². The third-order valence-corrected chi connectivity index (χ3v) is 1.75. The summed E-state index contributed by atoms with van der Waals surface area (Å²) < 4.78 is 20.8. The van der Waals surface area contributed by atoms with Gasteiger partial charge in [0.15, 0.2) is 0 Å². The SMILES string of the molecule is [2H]c1c(C)cc(O)c(C(C)C)c1F. The van der Waals surface area contributed by atoms with Crippen molar-refractivity contribution in [2.75, 3.05) is 0 Å². The maximum Gasteiger partial charge on any atom is 0.130 e. The molecule has 0 saturated heterocycles. The number of phenolic OH excluding ortho intramolecular Hbond substituents is 1. The lowest BCUT2D eigenvalue weighted by Gasteiger charge is -2.09. The summed E-state index contributed by atoms with van der Waals surface area (Å²) in [6, 6.07) is 1.31. The lowest BCUT2D eigenvalue weighted by molar-refractivity contribution is 0.453. The van der Waals surface area contributed by atoms with Gasteiger partial charge in [-0.3, -0.25) is 0 Å². The number of aryl methyl sites for hydroxylation is 1. The second-order valence-electron chi connectivity index (χ2n) is 3.22. The molecule has 1 aromatic rings. The molecule has 0 atom stereocenters. The number of hydrogen-bond donors (Lipinski definition) is 1. The molecule has 0 amide bonds. The highest BCUT2D eigenvalue weighted by atomic mass is 19.1. The van der Waals surface area contributed by atoms with E-state index in [-0.39, 0.29) is 23.3 Å². The summed E-state index contributed by atoms with van der Waals surface area (Å²) in [6.45, 7) is 5.18. The van der Waals surface area contributed by atoms with Crippen LogP contribution in [-0.4, -0.2) is 5.11 Å². The first kappa shape index (κ1) is 7.59. The zero-order chi connectivity index (χ0) is 10.2. The largest absolute Gasteiger partial charge is 0.508 e. The molecule has 0 bridgehead atoms. The standard InChI is InChI=1S/C10H13FO/c1-6(2)10-8(11)4-7(3)5-9(10)12/h4-6,12H,1-3H3/i4D. The molecule has 0 aromatic heterocycles. The van der Waals surface area contributed by atoms with Crippen molar-refractivity contribution in [3.05, 3.63) is 29.1 Å². The molecule has 1 N–H and O–H groups in total. The normalized spacial score (nSPS) is 11.9. The van der Waals surface area contributed by atoms with Crippen LogP contribution in [0, 0.1) is 12.7 Å². The molecule has 1 nitrogen and oxygen atoms in total. The molecule has 2 heteroatoms. The van der Waals surface area contributed by atoms with Gasteiger partial charge in [-0.05, 0) is 30.5 Å². The summed E-state index contributed by atoms with van der Waals surface area (Å²) in [7, 11) is 0. The molecule has 0 unspecified atom stereocenters. The summed E-state index contributed by atoms with van der Waals surface area (Å²) in [5.74, 6) is -0.766. The fraction of sp³-hybridized carbons (Fsp3) is 0.400. The monoisotopic (exact) mass is 169 g/mol. The number of hydrogen-bond acceptors (Lipinski definition) is 1. The fourth-order valence-corrected chi connectivity index (χ4v) is 1.22. The zero-order valence-corrected chi connectivity index (χ0v) is 7.48. The molecule has 0 spiro atoms. The van der Waals surface area contributed by atoms with Crippen molar-refractivity contribution in [2.24, 2.45) is 0 Å². The van der Waals surface area contributed by atoms with Gasteiger partial charge in [-0.2, -0.15) is 0 Å². The van der Waals surface area contributed by atoms with Gasteiger partial charge in [0.1, 0.15) is 11.6 Å². The van der Waals surface area contributed by atoms with Crippen LogP contribution >= 0.6 is 0 Å². The maximum atomic E-state index is 13.4. The van der Waals surface area contributed by atoms with Crippen molar-refractivity contribution in [1.29, 1.82) is 0 Å². The fourth-order valence-electron chi connectivity index (χ4n) is 1.22. The molecule has 1 rings (SSSR count). The lowest BCUT2D eigenvalue weighted by atomic mass is 10.00. The average molecular weight is 169 g/mol.